The van der Waals surface area contributed by atoms with Crippen molar-refractivity contribution in [2.24, 2.45) is 0 Å². The maximum atomic E-state index is 12.3. The number of hydrogen-bond donors (Lipinski definition) is 2. The first kappa shape index (κ1) is 18.6. The second-order valence-electron chi connectivity index (χ2n) is 5.58. The van der Waals surface area contributed by atoms with E-state index in [1.54, 1.807) is 47.9 Å². The van der Waals surface area contributed by atoms with Crippen molar-refractivity contribution in [1.29, 1.82) is 0 Å². The van der Waals surface area contributed by atoms with Crippen LogP contribution in [-0.4, -0.2) is 60.6 Å². The summed E-state index contributed by atoms with van der Waals surface area (Å²) >= 11 is 0. The smallest absolute Gasteiger partial charge is 0.409 e. The topological polar surface area (TPSA) is 91.0 Å². The Morgan fingerprint density at radius 2 is 1.44 bits per heavy atom. The van der Waals surface area contributed by atoms with Gasteiger partial charge in [0, 0.05) is 44.0 Å². The number of nitrogens with one attached hydrogen (secondary N) is 2. The molecule has 2 N–H and O–H groups in total. The Morgan fingerprint density at radius 1 is 0.920 bits per heavy atom. The molecule has 2 rings (SSSR count). The number of piperazine rings is 1. The van der Waals surface area contributed by atoms with Crippen LogP contribution in [0.1, 0.15) is 20.3 Å². The van der Waals surface area contributed by atoms with Gasteiger partial charge in [0.05, 0.1) is 6.61 Å². The minimum atomic E-state index is -0.340. The highest BCUT2D eigenvalue weighted by Gasteiger charge is 2.24. The van der Waals surface area contributed by atoms with Crippen LogP contribution in [-0.2, 0) is 9.53 Å². The first-order chi connectivity index (χ1) is 12.0. The summed E-state index contributed by atoms with van der Waals surface area (Å²) in [5.74, 6) is -0.0590. The lowest BCUT2D eigenvalue weighted by atomic mass is 10.2. The normalized spacial score (nSPS) is 14.0. The Hall–Kier alpha value is -2.77. The number of ether oxygens (including phenoxy) is 1. The monoisotopic (exact) mass is 348 g/mol. The Morgan fingerprint density at radius 3 is 1.96 bits per heavy atom. The first-order valence-electron chi connectivity index (χ1n) is 8.41. The van der Waals surface area contributed by atoms with Crippen molar-refractivity contribution >= 4 is 29.4 Å². The number of carbonyl (C=O) groups excluding carboxylic acids is 3. The molecule has 1 saturated heterocycles. The average molecular weight is 348 g/mol. The lowest BCUT2D eigenvalue weighted by Crippen LogP contribution is -2.51. The highest BCUT2D eigenvalue weighted by atomic mass is 16.6. The van der Waals surface area contributed by atoms with Crippen LogP contribution in [0.4, 0.5) is 21.0 Å². The van der Waals surface area contributed by atoms with Crippen molar-refractivity contribution in [3.8, 4) is 0 Å². The molecule has 0 atom stereocenters. The molecule has 0 aromatic heterocycles. The van der Waals surface area contributed by atoms with Gasteiger partial charge in [0.25, 0.3) is 0 Å². The van der Waals surface area contributed by atoms with Crippen LogP contribution in [0.5, 0.6) is 0 Å². The molecule has 0 bridgehead atoms. The number of rotatable bonds is 4. The number of hydrogen-bond acceptors (Lipinski definition) is 4. The third-order valence-corrected chi connectivity index (χ3v) is 3.83. The van der Waals surface area contributed by atoms with E-state index < -0.39 is 0 Å². The van der Waals surface area contributed by atoms with E-state index >= 15 is 0 Å². The molecule has 0 unspecified atom stereocenters. The van der Waals surface area contributed by atoms with E-state index in [-0.39, 0.29) is 18.0 Å². The van der Waals surface area contributed by atoms with E-state index in [4.69, 9.17) is 4.74 Å². The highest BCUT2D eigenvalue weighted by molar-refractivity contribution is 5.92. The zero-order valence-corrected chi connectivity index (χ0v) is 14.6. The van der Waals surface area contributed by atoms with Gasteiger partial charge in [-0.1, -0.05) is 6.92 Å². The van der Waals surface area contributed by atoms with Crippen LogP contribution >= 0.6 is 0 Å². The van der Waals surface area contributed by atoms with Gasteiger partial charge < -0.3 is 25.2 Å². The zero-order valence-electron chi connectivity index (χ0n) is 14.6. The van der Waals surface area contributed by atoms with Crippen molar-refractivity contribution in [2.45, 2.75) is 20.3 Å². The molecule has 8 heteroatoms. The third kappa shape index (κ3) is 5.37. The number of nitrogens with zero attached hydrogens (tertiary/aromatic N) is 2. The molecule has 0 aliphatic carbocycles. The molecule has 0 spiro atoms. The molecule has 1 aromatic carbocycles. The molecule has 1 heterocycles. The second kappa shape index (κ2) is 8.91. The van der Waals surface area contributed by atoms with Gasteiger partial charge in [0.15, 0.2) is 0 Å². The Labute approximate surface area is 147 Å². The maximum absolute atomic E-state index is 12.3. The minimum absolute atomic E-state index is 0.0590. The van der Waals surface area contributed by atoms with E-state index in [0.717, 1.165) is 0 Å². The number of carbonyl (C=O) groups is 3. The van der Waals surface area contributed by atoms with Gasteiger partial charge in [-0.15, -0.1) is 0 Å². The summed E-state index contributed by atoms with van der Waals surface area (Å²) in [5, 5.41) is 5.56. The SMILES string of the molecule is CCOC(=O)N1CCN(C(=O)Nc2ccc(NC(=O)CC)cc2)CC1. The van der Waals surface area contributed by atoms with Crippen molar-refractivity contribution in [1.82, 2.24) is 9.80 Å². The fourth-order valence-corrected chi connectivity index (χ4v) is 2.40. The lowest BCUT2D eigenvalue weighted by molar-refractivity contribution is -0.115. The standard InChI is InChI=1S/C17H24N4O4/c1-3-15(22)18-13-5-7-14(8-6-13)19-16(23)20-9-11-21(12-10-20)17(24)25-4-2/h5-8H,3-4,9-12H2,1-2H3,(H,18,22)(H,19,23). The molecule has 1 aromatic rings. The molecule has 1 aliphatic heterocycles. The number of urea groups is 1. The number of anilines is 2. The molecule has 0 radical (unpaired) electrons. The summed E-state index contributed by atoms with van der Waals surface area (Å²) in [4.78, 5) is 38.5. The van der Waals surface area contributed by atoms with Crippen LogP contribution in [0.2, 0.25) is 0 Å². The predicted molar refractivity (Wildman–Crippen MR) is 94.5 cm³/mol. The molecule has 1 aliphatic rings. The largest absolute Gasteiger partial charge is 0.450 e. The quantitative estimate of drug-likeness (QED) is 0.874. The minimum Gasteiger partial charge on any atom is -0.450 e. The number of benzene rings is 1. The second-order valence-corrected chi connectivity index (χ2v) is 5.58. The Kier molecular flexibility index (Phi) is 6.62. The summed E-state index contributed by atoms with van der Waals surface area (Å²) < 4.78 is 4.96. The Bertz CT molecular complexity index is 610. The number of amides is 4. The van der Waals surface area contributed by atoms with E-state index in [1.165, 1.54) is 0 Å². The lowest BCUT2D eigenvalue weighted by Gasteiger charge is -2.34. The molecule has 8 nitrogen and oxygen atoms in total. The average Bonchev–Trinajstić information content (AvgIpc) is 2.63. The van der Waals surface area contributed by atoms with Gasteiger partial charge in [-0.2, -0.15) is 0 Å². The maximum Gasteiger partial charge on any atom is 0.409 e. The van der Waals surface area contributed by atoms with Crippen LogP contribution in [0, 0.1) is 0 Å². The van der Waals surface area contributed by atoms with E-state index in [1.807, 2.05) is 0 Å². The molecule has 1 fully saturated rings. The molecule has 25 heavy (non-hydrogen) atoms. The van der Waals surface area contributed by atoms with Crippen LogP contribution in [0.15, 0.2) is 24.3 Å². The molecular weight excluding hydrogens is 324 g/mol. The third-order valence-electron chi connectivity index (χ3n) is 3.83. The summed E-state index contributed by atoms with van der Waals surface area (Å²) in [6.07, 6.45) is 0.0725. The van der Waals surface area contributed by atoms with Gasteiger partial charge in [-0.3, -0.25) is 4.79 Å². The van der Waals surface area contributed by atoms with Gasteiger partial charge in [-0.25, -0.2) is 9.59 Å². The first-order valence-corrected chi connectivity index (χ1v) is 8.41. The van der Waals surface area contributed by atoms with Crippen LogP contribution < -0.4 is 10.6 Å². The van der Waals surface area contributed by atoms with Crippen molar-refractivity contribution in [3.05, 3.63) is 24.3 Å². The van der Waals surface area contributed by atoms with E-state index in [0.29, 0.717) is 50.6 Å². The summed E-state index contributed by atoms with van der Waals surface area (Å²) in [6.45, 7) is 5.70. The Balaban J connectivity index is 1.82. The fraction of sp³-hybridized carbons (Fsp3) is 0.471. The predicted octanol–water partition coefficient (Wildman–Crippen LogP) is 2.34. The fourth-order valence-electron chi connectivity index (χ4n) is 2.40. The van der Waals surface area contributed by atoms with Crippen molar-refractivity contribution < 1.29 is 19.1 Å². The molecular formula is C17H24N4O4. The van der Waals surface area contributed by atoms with Gasteiger partial charge >= 0.3 is 12.1 Å². The van der Waals surface area contributed by atoms with E-state index in [2.05, 4.69) is 10.6 Å². The highest BCUT2D eigenvalue weighted by Crippen LogP contribution is 2.15. The summed E-state index contributed by atoms with van der Waals surface area (Å²) in [5.41, 5.74) is 1.33. The van der Waals surface area contributed by atoms with Crippen LogP contribution in [0.25, 0.3) is 0 Å². The van der Waals surface area contributed by atoms with Gasteiger partial charge in [0.2, 0.25) is 5.91 Å². The van der Waals surface area contributed by atoms with E-state index in [9.17, 15) is 14.4 Å². The molecule has 4 amide bonds. The van der Waals surface area contributed by atoms with Crippen LogP contribution in [0.3, 0.4) is 0 Å². The van der Waals surface area contributed by atoms with Gasteiger partial charge in [0.1, 0.15) is 0 Å². The van der Waals surface area contributed by atoms with Crippen molar-refractivity contribution in [2.75, 3.05) is 43.4 Å². The molecule has 136 valence electrons. The van der Waals surface area contributed by atoms with Crippen molar-refractivity contribution in [3.63, 3.8) is 0 Å². The summed E-state index contributed by atoms with van der Waals surface area (Å²) in [6, 6.07) is 6.73. The summed E-state index contributed by atoms with van der Waals surface area (Å²) in [7, 11) is 0. The van der Waals surface area contributed by atoms with Gasteiger partial charge in [-0.05, 0) is 31.2 Å². The molecule has 0 saturated carbocycles. The zero-order chi connectivity index (χ0) is 18.2.